The van der Waals surface area contributed by atoms with Gasteiger partial charge in [-0.2, -0.15) is 0 Å². The van der Waals surface area contributed by atoms with Gasteiger partial charge in [0.2, 0.25) is 0 Å². The molecule has 8 heteroatoms. The van der Waals surface area contributed by atoms with Crippen molar-refractivity contribution in [2.75, 3.05) is 0 Å². The molecule has 0 amide bonds. The quantitative estimate of drug-likeness (QED) is 0.370. The van der Waals surface area contributed by atoms with E-state index in [0.717, 1.165) is 24.8 Å². The Hall–Kier alpha value is -0.610. The second kappa shape index (κ2) is 9.03. The Bertz CT molecular complexity index is 613. The molecule has 0 aromatic heterocycles. The van der Waals surface area contributed by atoms with Crippen molar-refractivity contribution >= 4 is 30.4 Å². The topological polar surface area (TPSA) is 43.4 Å². The number of alkyl halides is 3. The maximum absolute atomic E-state index is 12.6. The summed E-state index contributed by atoms with van der Waals surface area (Å²) in [5.41, 5.74) is -4.46. The normalized spacial score (nSPS) is 14.0. The number of halogens is 4. The van der Waals surface area contributed by atoms with Crippen LogP contribution in [0.2, 0.25) is 0 Å². The number of rotatable bonds is 8. The van der Waals surface area contributed by atoms with Crippen molar-refractivity contribution in [2.24, 2.45) is 0 Å². The van der Waals surface area contributed by atoms with Crippen molar-refractivity contribution in [2.45, 2.75) is 45.0 Å². The van der Waals surface area contributed by atoms with Crippen molar-refractivity contribution in [3.63, 3.8) is 0 Å². The van der Waals surface area contributed by atoms with Crippen LogP contribution in [0.4, 0.5) is 13.2 Å². The zero-order valence-corrected chi connectivity index (χ0v) is 15.9. The molecule has 3 nitrogen and oxygen atoms in total. The molecule has 0 saturated heterocycles. The van der Waals surface area contributed by atoms with Crippen LogP contribution in [0.1, 0.15) is 39.5 Å². The van der Waals surface area contributed by atoms with Gasteiger partial charge in [0.05, 0.1) is 0 Å². The number of benzene rings is 1. The molecule has 132 valence electrons. The zero-order chi connectivity index (χ0) is 17.5. The van der Waals surface area contributed by atoms with Crippen molar-refractivity contribution < 1.29 is 24.1 Å². The zero-order valence-electron chi connectivity index (χ0n) is 12.9. The van der Waals surface area contributed by atoms with Gasteiger partial charge in [0.15, 0.2) is 0 Å². The summed E-state index contributed by atoms with van der Waals surface area (Å²) in [6, 6.07) is 8.27. The summed E-state index contributed by atoms with van der Waals surface area (Å²) in [4.78, 5) is 0. The van der Waals surface area contributed by atoms with Crippen molar-refractivity contribution in [1.29, 1.82) is 0 Å². The summed E-state index contributed by atoms with van der Waals surface area (Å²) < 4.78 is 67.4. The predicted octanol–water partition coefficient (Wildman–Crippen LogP) is 5.63. The fourth-order valence-corrected chi connectivity index (χ4v) is 8.10. The molecule has 0 unspecified atom stereocenters. The third kappa shape index (κ3) is 6.42. The average Bonchev–Trinajstić information content (AvgIpc) is 2.50. The van der Waals surface area contributed by atoms with Gasteiger partial charge in [-0.15, -0.1) is 0 Å². The molecular formula is C15H20F3IO3S. The maximum atomic E-state index is 12.6. The van der Waals surface area contributed by atoms with Gasteiger partial charge in [-0.25, -0.2) is 0 Å². The minimum atomic E-state index is -5.59. The van der Waals surface area contributed by atoms with Gasteiger partial charge in [0, 0.05) is 0 Å². The van der Waals surface area contributed by atoms with E-state index in [4.69, 9.17) is 0 Å². The van der Waals surface area contributed by atoms with Gasteiger partial charge in [0.1, 0.15) is 0 Å². The second-order valence-corrected chi connectivity index (χ2v) is 10.8. The Morgan fingerprint density at radius 2 is 1.83 bits per heavy atom. The fourth-order valence-electron chi connectivity index (χ4n) is 1.63. The standard InChI is InChI=1S/C15H20F3IO3S/c1-3-5-9-13(4-2)12-19(14-10-7-6-8-11-14)22-23(20,21)15(16,17)18/h6-8,10-12H,3-5,9H2,1-2H3/b13-12+. The SMILES string of the molecule is CCCC/C(=C/I(OS(=O)(=O)C(F)(F)F)c1ccccc1)CC. The Kier molecular flexibility index (Phi) is 8.02. The molecule has 1 aromatic carbocycles. The van der Waals surface area contributed by atoms with Crippen LogP contribution < -0.4 is 0 Å². The van der Waals surface area contributed by atoms with Crippen LogP contribution in [0, 0.1) is 3.57 Å². The van der Waals surface area contributed by atoms with Crippen molar-refractivity contribution in [3.8, 4) is 0 Å². The van der Waals surface area contributed by atoms with Crippen LogP contribution >= 0.6 is 20.2 Å². The van der Waals surface area contributed by atoms with E-state index < -0.39 is 35.9 Å². The molecule has 1 rings (SSSR count). The third-order valence-corrected chi connectivity index (χ3v) is 9.79. The fraction of sp³-hybridized carbons (Fsp3) is 0.467. The molecule has 0 fully saturated rings. The van der Waals surface area contributed by atoms with Gasteiger partial charge in [-0.05, 0) is 0 Å². The Morgan fingerprint density at radius 3 is 2.30 bits per heavy atom. The average molecular weight is 464 g/mol. The van der Waals surface area contributed by atoms with Crippen molar-refractivity contribution in [1.82, 2.24) is 0 Å². The van der Waals surface area contributed by atoms with Crippen LogP contribution in [0.25, 0.3) is 0 Å². The molecule has 0 spiro atoms. The van der Waals surface area contributed by atoms with E-state index in [-0.39, 0.29) is 0 Å². The number of allylic oxidation sites excluding steroid dienone is 1. The molecule has 0 bridgehead atoms. The first kappa shape index (κ1) is 20.4. The van der Waals surface area contributed by atoms with E-state index in [2.05, 4.69) is 2.51 Å². The number of unbranched alkanes of at least 4 members (excludes halogenated alkanes) is 1. The minimum absolute atomic E-state index is 0.520. The number of hydrogen-bond acceptors (Lipinski definition) is 3. The summed E-state index contributed by atoms with van der Waals surface area (Å²) in [6.07, 6.45) is 3.27. The predicted molar refractivity (Wildman–Crippen MR) is 93.1 cm³/mol. The monoisotopic (exact) mass is 464 g/mol. The molecule has 0 radical (unpaired) electrons. The van der Waals surface area contributed by atoms with Gasteiger partial charge in [0.25, 0.3) is 0 Å². The Balaban J connectivity index is 3.16. The molecular weight excluding hydrogens is 444 g/mol. The first-order valence-corrected chi connectivity index (χ1v) is 11.8. The molecule has 23 heavy (non-hydrogen) atoms. The van der Waals surface area contributed by atoms with E-state index in [0.29, 0.717) is 9.99 Å². The summed E-state index contributed by atoms with van der Waals surface area (Å²) in [7, 11) is -5.59. The van der Waals surface area contributed by atoms with Gasteiger partial charge < -0.3 is 0 Å². The van der Waals surface area contributed by atoms with Crippen LogP contribution in [-0.4, -0.2) is 13.9 Å². The van der Waals surface area contributed by atoms with Crippen LogP contribution in [-0.2, 0) is 12.6 Å². The molecule has 0 N–H and O–H groups in total. The molecule has 0 aliphatic carbocycles. The molecule has 0 saturated carbocycles. The van der Waals surface area contributed by atoms with E-state index in [9.17, 15) is 21.6 Å². The van der Waals surface area contributed by atoms with E-state index in [1.54, 1.807) is 34.4 Å². The molecule has 0 atom stereocenters. The Labute approximate surface area is 143 Å². The van der Waals surface area contributed by atoms with Gasteiger partial charge in [-0.1, -0.05) is 0 Å². The third-order valence-electron chi connectivity index (χ3n) is 2.94. The van der Waals surface area contributed by atoms with Crippen LogP contribution in [0.15, 0.2) is 40.0 Å². The molecule has 0 heterocycles. The van der Waals surface area contributed by atoms with Crippen LogP contribution in [0.3, 0.4) is 0 Å². The van der Waals surface area contributed by atoms with Crippen LogP contribution in [0.5, 0.6) is 0 Å². The molecule has 0 aliphatic rings. The van der Waals surface area contributed by atoms with E-state index in [1.165, 1.54) is 0 Å². The van der Waals surface area contributed by atoms with Crippen molar-refractivity contribution in [3.05, 3.63) is 43.6 Å². The van der Waals surface area contributed by atoms with Gasteiger partial charge in [-0.3, -0.25) is 0 Å². The second-order valence-electron chi connectivity index (χ2n) is 4.76. The summed E-state index contributed by atoms with van der Waals surface area (Å²) >= 11 is -3.11. The summed E-state index contributed by atoms with van der Waals surface area (Å²) in [5, 5.41) is 0. The summed E-state index contributed by atoms with van der Waals surface area (Å²) in [6.45, 7) is 3.92. The number of hydrogen-bond donors (Lipinski definition) is 0. The van der Waals surface area contributed by atoms with E-state index >= 15 is 0 Å². The first-order valence-electron chi connectivity index (χ1n) is 7.15. The first-order chi connectivity index (χ1) is 10.7. The Morgan fingerprint density at radius 1 is 1.22 bits per heavy atom. The molecule has 1 aromatic rings. The van der Waals surface area contributed by atoms with Gasteiger partial charge >= 0.3 is 143 Å². The molecule has 0 aliphatic heterocycles. The summed E-state index contributed by atoms with van der Waals surface area (Å²) in [5.74, 6) is 0. The van der Waals surface area contributed by atoms with E-state index in [1.807, 2.05) is 13.8 Å².